The second-order valence-electron chi connectivity index (χ2n) is 5.56. The molecule has 0 fully saturated rings. The number of benzene rings is 2. The first-order valence-corrected chi connectivity index (χ1v) is 9.59. The van der Waals surface area contributed by atoms with Crippen LogP contribution >= 0.6 is 0 Å². The van der Waals surface area contributed by atoms with Crippen molar-refractivity contribution in [3.8, 4) is 0 Å². The van der Waals surface area contributed by atoms with Crippen molar-refractivity contribution in [3.63, 3.8) is 0 Å². The molecule has 2 rings (SSSR count). The van der Waals surface area contributed by atoms with Crippen LogP contribution in [0.1, 0.15) is 24.2 Å². The Labute approximate surface area is 156 Å². The maximum atomic E-state index is 13.7. The van der Waals surface area contributed by atoms with Crippen molar-refractivity contribution in [1.82, 2.24) is 5.32 Å². The van der Waals surface area contributed by atoms with Crippen molar-refractivity contribution in [1.29, 1.82) is 0 Å². The van der Waals surface area contributed by atoms with Gasteiger partial charge >= 0.3 is 5.97 Å². The minimum atomic E-state index is -4.12. The van der Waals surface area contributed by atoms with Crippen molar-refractivity contribution in [2.24, 2.45) is 0 Å². The minimum Gasteiger partial charge on any atom is -0.449 e. The number of halogens is 1. The summed E-state index contributed by atoms with van der Waals surface area (Å²) in [6.07, 6.45) is -1.03. The second kappa shape index (κ2) is 8.63. The number of sulfonamides is 1. The van der Waals surface area contributed by atoms with Gasteiger partial charge in [0.2, 0.25) is 0 Å². The predicted octanol–water partition coefficient (Wildman–Crippen LogP) is 2.31. The lowest BCUT2D eigenvalue weighted by atomic mass is 10.2. The molecule has 0 aromatic heterocycles. The van der Waals surface area contributed by atoms with Gasteiger partial charge in [-0.3, -0.25) is 9.52 Å². The molecule has 2 N–H and O–H groups in total. The number of ether oxygens (including phenoxy) is 1. The maximum absolute atomic E-state index is 13.7. The molecule has 0 saturated carbocycles. The highest BCUT2D eigenvalue weighted by Gasteiger charge is 2.21. The van der Waals surface area contributed by atoms with E-state index in [-0.39, 0.29) is 16.1 Å². The summed E-state index contributed by atoms with van der Waals surface area (Å²) < 4.78 is 45.7. The fourth-order valence-electron chi connectivity index (χ4n) is 2.14. The monoisotopic (exact) mass is 394 g/mol. The normalized spacial score (nSPS) is 12.1. The molecule has 0 aliphatic heterocycles. The molecule has 27 heavy (non-hydrogen) atoms. The molecular formula is C18H19FN2O5S. The molecular weight excluding hydrogens is 375 g/mol. The second-order valence-corrected chi connectivity index (χ2v) is 7.24. The summed E-state index contributed by atoms with van der Waals surface area (Å²) >= 11 is 0. The SMILES string of the molecule is CCNC(=O)[C@H](C)OC(=O)c1cccc(S(=O)(=O)Nc2ccccc2F)c1. The van der Waals surface area contributed by atoms with Crippen LogP contribution in [0.4, 0.5) is 10.1 Å². The van der Waals surface area contributed by atoms with Crippen LogP contribution in [0, 0.1) is 5.82 Å². The zero-order valence-corrected chi connectivity index (χ0v) is 15.5. The molecule has 144 valence electrons. The van der Waals surface area contributed by atoms with Crippen molar-refractivity contribution in [2.45, 2.75) is 24.8 Å². The van der Waals surface area contributed by atoms with Crippen LogP contribution in [0.25, 0.3) is 0 Å². The van der Waals surface area contributed by atoms with Crippen molar-refractivity contribution >= 4 is 27.6 Å². The Kier molecular flexibility index (Phi) is 6.51. The maximum Gasteiger partial charge on any atom is 0.338 e. The Morgan fingerprint density at radius 1 is 1.15 bits per heavy atom. The third-order valence-electron chi connectivity index (χ3n) is 3.50. The molecule has 0 bridgehead atoms. The molecule has 0 saturated heterocycles. The van der Waals surface area contributed by atoms with Gasteiger partial charge in [-0.1, -0.05) is 18.2 Å². The molecule has 0 heterocycles. The van der Waals surface area contributed by atoms with Crippen molar-refractivity contribution < 1.29 is 27.1 Å². The average molecular weight is 394 g/mol. The Hall–Kier alpha value is -2.94. The molecule has 7 nitrogen and oxygen atoms in total. The predicted molar refractivity (Wildman–Crippen MR) is 97.2 cm³/mol. The van der Waals surface area contributed by atoms with Gasteiger partial charge in [0.25, 0.3) is 15.9 Å². The molecule has 0 aliphatic rings. The van der Waals surface area contributed by atoms with Crippen LogP contribution in [0.5, 0.6) is 0 Å². The Morgan fingerprint density at radius 3 is 2.52 bits per heavy atom. The third-order valence-corrected chi connectivity index (χ3v) is 4.87. The topological polar surface area (TPSA) is 102 Å². The van der Waals surface area contributed by atoms with Gasteiger partial charge < -0.3 is 10.1 Å². The van der Waals surface area contributed by atoms with Gasteiger partial charge in [0.05, 0.1) is 16.1 Å². The Bertz CT molecular complexity index is 946. The molecule has 0 aliphatic carbocycles. The summed E-state index contributed by atoms with van der Waals surface area (Å²) in [4.78, 5) is 23.6. The summed E-state index contributed by atoms with van der Waals surface area (Å²) in [5, 5.41) is 2.51. The number of esters is 1. The number of hydrogen-bond donors (Lipinski definition) is 2. The highest BCUT2D eigenvalue weighted by atomic mass is 32.2. The van der Waals surface area contributed by atoms with Crippen LogP contribution in [0.3, 0.4) is 0 Å². The number of para-hydroxylation sites is 1. The number of rotatable bonds is 7. The molecule has 1 atom stereocenters. The van der Waals surface area contributed by atoms with E-state index in [4.69, 9.17) is 4.74 Å². The van der Waals surface area contributed by atoms with E-state index in [0.29, 0.717) is 6.54 Å². The van der Waals surface area contributed by atoms with Gasteiger partial charge in [-0.2, -0.15) is 0 Å². The summed E-state index contributed by atoms with van der Waals surface area (Å²) in [6.45, 7) is 3.52. The van der Waals surface area contributed by atoms with E-state index in [9.17, 15) is 22.4 Å². The number of carbonyl (C=O) groups is 2. The van der Waals surface area contributed by atoms with Crippen LogP contribution in [-0.4, -0.2) is 32.9 Å². The van der Waals surface area contributed by atoms with E-state index in [0.717, 1.165) is 12.1 Å². The fourth-order valence-corrected chi connectivity index (χ4v) is 3.25. The number of hydrogen-bond acceptors (Lipinski definition) is 5. The van der Waals surface area contributed by atoms with E-state index in [2.05, 4.69) is 10.0 Å². The van der Waals surface area contributed by atoms with Gasteiger partial charge in [-0.15, -0.1) is 0 Å². The summed E-state index contributed by atoms with van der Waals surface area (Å²) in [7, 11) is -4.12. The minimum absolute atomic E-state index is 0.0532. The lowest BCUT2D eigenvalue weighted by molar-refractivity contribution is -0.128. The Morgan fingerprint density at radius 2 is 1.85 bits per heavy atom. The van der Waals surface area contributed by atoms with E-state index in [1.807, 2.05) is 0 Å². The van der Waals surface area contributed by atoms with Gasteiger partial charge in [-0.05, 0) is 44.2 Å². The first-order chi connectivity index (χ1) is 12.7. The Balaban J connectivity index is 2.20. The van der Waals surface area contributed by atoms with E-state index >= 15 is 0 Å². The zero-order valence-electron chi connectivity index (χ0n) is 14.7. The van der Waals surface area contributed by atoms with Crippen LogP contribution < -0.4 is 10.0 Å². The van der Waals surface area contributed by atoms with Crippen LogP contribution in [0.2, 0.25) is 0 Å². The lowest BCUT2D eigenvalue weighted by Crippen LogP contribution is -2.35. The van der Waals surface area contributed by atoms with Gasteiger partial charge in [0, 0.05) is 6.54 Å². The number of likely N-dealkylation sites (N-methyl/N-ethyl adjacent to an activating group) is 1. The lowest BCUT2D eigenvalue weighted by Gasteiger charge is -2.13. The summed E-state index contributed by atoms with van der Waals surface area (Å²) in [5.41, 5.74) is -0.266. The van der Waals surface area contributed by atoms with Gasteiger partial charge in [0.1, 0.15) is 5.82 Å². The van der Waals surface area contributed by atoms with Gasteiger partial charge in [0.15, 0.2) is 6.10 Å². The molecule has 0 spiro atoms. The molecule has 0 unspecified atom stereocenters. The van der Waals surface area contributed by atoms with Crippen LogP contribution in [-0.2, 0) is 19.6 Å². The zero-order chi connectivity index (χ0) is 20.0. The van der Waals surface area contributed by atoms with E-state index < -0.39 is 33.8 Å². The van der Waals surface area contributed by atoms with E-state index in [1.54, 1.807) is 6.92 Å². The van der Waals surface area contributed by atoms with E-state index in [1.165, 1.54) is 43.3 Å². The average Bonchev–Trinajstić information content (AvgIpc) is 2.63. The number of anilines is 1. The number of amides is 1. The fraction of sp³-hybridized carbons (Fsp3) is 0.222. The highest BCUT2D eigenvalue weighted by molar-refractivity contribution is 7.92. The van der Waals surface area contributed by atoms with Gasteiger partial charge in [-0.25, -0.2) is 17.6 Å². The molecule has 1 amide bonds. The largest absolute Gasteiger partial charge is 0.449 e. The van der Waals surface area contributed by atoms with Crippen LogP contribution in [0.15, 0.2) is 53.4 Å². The molecule has 9 heteroatoms. The summed E-state index contributed by atoms with van der Waals surface area (Å²) in [5.74, 6) is -2.04. The van der Waals surface area contributed by atoms with Crippen molar-refractivity contribution in [3.05, 3.63) is 59.9 Å². The molecule has 2 aromatic rings. The highest BCUT2D eigenvalue weighted by Crippen LogP contribution is 2.20. The molecule has 0 radical (unpaired) electrons. The standard InChI is InChI=1S/C18H19FN2O5S/c1-3-20-17(22)12(2)26-18(23)13-7-6-8-14(11-13)27(24,25)21-16-10-5-4-9-15(16)19/h4-12,21H,3H2,1-2H3,(H,20,22)/t12-/m0/s1. The quantitative estimate of drug-likeness (QED) is 0.702. The first kappa shape index (κ1) is 20.4. The summed E-state index contributed by atoms with van der Waals surface area (Å²) in [6, 6.07) is 10.4. The first-order valence-electron chi connectivity index (χ1n) is 8.10. The number of nitrogens with one attached hydrogen (secondary N) is 2. The number of carbonyl (C=O) groups excluding carboxylic acids is 2. The molecule has 2 aromatic carbocycles. The smallest absolute Gasteiger partial charge is 0.338 e. The van der Waals surface area contributed by atoms with Crippen molar-refractivity contribution in [2.75, 3.05) is 11.3 Å². The third kappa shape index (κ3) is 5.27.